The van der Waals surface area contributed by atoms with Gasteiger partial charge in [-0.15, -0.1) is 0 Å². The fourth-order valence-electron chi connectivity index (χ4n) is 5.28. The van der Waals surface area contributed by atoms with Crippen molar-refractivity contribution >= 4 is 43.5 Å². The fraction of sp³-hybridized carbons (Fsp3) is 0.393. The molecule has 38 heavy (non-hydrogen) atoms. The molecule has 0 radical (unpaired) electrons. The fourth-order valence-corrected chi connectivity index (χ4v) is 6.52. The lowest BCUT2D eigenvalue weighted by Crippen LogP contribution is -2.29. The van der Waals surface area contributed by atoms with Crippen molar-refractivity contribution < 1.29 is 12.8 Å². The van der Waals surface area contributed by atoms with Gasteiger partial charge in [0, 0.05) is 35.8 Å². The van der Waals surface area contributed by atoms with Gasteiger partial charge in [0.15, 0.2) is 11.6 Å². The average molecular weight is 537 g/mol. The first-order valence-corrected chi connectivity index (χ1v) is 14.8. The number of pyridine rings is 2. The van der Waals surface area contributed by atoms with E-state index in [0.717, 1.165) is 39.1 Å². The van der Waals surface area contributed by atoms with Crippen molar-refractivity contribution in [2.75, 3.05) is 22.2 Å². The number of aromatic nitrogens is 4. The van der Waals surface area contributed by atoms with Gasteiger partial charge in [-0.05, 0) is 61.8 Å². The summed E-state index contributed by atoms with van der Waals surface area (Å²) in [5, 5.41) is 9.99. The molecule has 0 fully saturated rings. The highest BCUT2D eigenvalue weighted by molar-refractivity contribution is 7.90. The second-order valence-electron chi connectivity index (χ2n) is 10.7. The monoisotopic (exact) mass is 536 g/mol. The number of hydrogen-bond acceptors (Lipinski definition) is 7. The Morgan fingerprint density at radius 3 is 2.47 bits per heavy atom. The van der Waals surface area contributed by atoms with E-state index in [-0.39, 0.29) is 29.4 Å². The molecule has 2 atom stereocenters. The maximum Gasteiger partial charge on any atom is 0.192 e. The minimum atomic E-state index is -3.09. The SMILES string of the molecule is Cc1nn2c(C)c1N(c1cc3c(C(C)C)ccc(N[C@H](C)[C@H](C)CS(C)(=O)=O)c3cn1)c1ccnc-2c1F. The van der Waals surface area contributed by atoms with Crippen LogP contribution in [0.4, 0.5) is 27.3 Å². The number of nitrogens with zero attached hydrogens (tertiary/aromatic N) is 5. The number of sulfone groups is 1. The first-order chi connectivity index (χ1) is 17.9. The molecular weight excluding hydrogens is 503 g/mol. The molecule has 0 aliphatic carbocycles. The Balaban J connectivity index is 1.65. The lowest BCUT2D eigenvalue weighted by molar-refractivity contribution is 0.538. The summed E-state index contributed by atoms with van der Waals surface area (Å²) in [4.78, 5) is 10.9. The molecule has 0 unspecified atom stereocenters. The molecule has 0 saturated carbocycles. The van der Waals surface area contributed by atoms with E-state index in [9.17, 15) is 8.42 Å². The Morgan fingerprint density at radius 1 is 1.05 bits per heavy atom. The standard InChI is InChI=1S/C28H33FN6O2S/c1-15(2)20-8-9-23(32-17(4)16(3)14-38(7,36)37)22-13-31-25(12-21(20)22)34-24-10-11-30-28(26(24)29)35-19(6)27(34)18(5)33-35/h8-13,15-17,32H,14H2,1-7H3/t16-,17-/m1/s1. The van der Waals surface area contributed by atoms with Crippen LogP contribution in [0, 0.1) is 25.6 Å². The van der Waals surface area contributed by atoms with E-state index in [1.54, 1.807) is 16.9 Å². The molecule has 0 amide bonds. The molecule has 1 N–H and O–H groups in total. The van der Waals surface area contributed by atoms with E-state index in [0.29, 0.717) is 11.5 Å². The van der Waals surface area contributed by atoms with Gasteiger partial charge in [0.25, 0.3) is 0 Å². The zero-order valence-corrected chi connectivity index (χ0v) is 23.6. The van der Waals surface area contributed by atoms with Crippen LogP contribution >= 0.6 is 0 Å². The number of nitrogens with one attached hydrogen (secondary N) is 1. The smallest absolute Gasteiger partial charge is 0.192 e. The van der Waals surface area contributed by atoms with E-state index in [2.05, 4.69) is 35.3 Å². The van der Waals surface area contributed by atoms with Crippen molar-refractivity contribution in [3.05, 3.63) is 59.4 Å². The second-order valence-corrected chi connectivity index (χ2v) is 12.9. The lowest BCUT2D eigenvalue weighted by atomic mass is 9.95. The molecule has 0 saturated heterocycles. The molecular formula is C28H33FN6O2S. The summed E-state index contributed by atoms with van der Waals surface area (Å²) in [6.45, 7) is 12.0. The van der Waals surface area contributed by atoms with Crippen LogP contribution in [0.2, 0.25) is 0 Å². The average Bonchev–Trinajstić information content (AvgIpc) is 3.11. The van der Waals surface area contributed by atoms with Crippen molar-refractivity contribution in [2.45, 2.75) is 53.5 Å². The summed E-state index contributed by atoms with van der Waals surface area (Å²) in [5.41, 5.74) is 4.71. The first-order valence-electron chi connectivity index (χ1n) is 12.8. The van der Waals surface area contributed by atoms with E-state index in [1.807, 2.05) is 50.9 Å². The van der Waals surface area contributed by atoms with Crippen molar-refractivity contribution in [3.63, 3.8) is 0 Å². The molecule has 4 heterocycles. The van der Waals surface area contributed by atoms with E-state index < -0.39 is 15.7 Å². The third-order valence-electron chi connectivity index (χ3n) is 7.34. The van der Waals surface area contributed by atoms with Crippen LogP contribution in [-0.2, 0) is 9.84 Å². The number of anilines is 4. The largest absolute Gasteiger partial charge is 0.382 e. The Labute approximate surface area is 222 Å². The molecule has 1 aromatic carbocycles. The van der Waals surface area contributed by atoms with E-state index in [1.165, 1.54) is 6.26 Å². The summed E-state index contributed by atoms with van der Waals surface area (Å²) in [6.07, 6.45) is 4.66. The van der Waals surface area contributed by atoms with Crippen molar-refractivity contribution in [1.29, 1.82) is 0 Å². The molecule has 3 aromatic heterocycles. The van der Waals surface area contributed by atoms with Crippen LogP contribution < -0.4 is 10.2 Å². The van der Waals surface area contributed by atoms with Crippen LogP contribution in [-0.4, -0.2) is 46.2 Å². The Kier molecular flexibility index (Phi) is 6.41. The highest BCUT2D eigenvalue weighted by Gasteiger charge is 2.31. The highest BCUT2D eigenvalue weighted by Crippen LogP contribution is 2.44. The maximum absolute atomic E-state index is 15.6. The van der Waals surface area contributed by atoms with E-state index >= 15 is 4.39 Å². The van der Waals surface area contributed by atoms with Gasteiger partial charge in [0.2, 0.25) is 0 Å². The molecule has 8 nitrogen and oxygen atoms in total. The Bertz CT molecular complexity index is 1660. The van der Waals surface area contributed by atoms with Crippen molar-refractivity contribution in [1.82, 2.24) is 19.7 Å². The number of fused-ring (bicyclic) bond motifs is 6. The summed E-state index contributed by atoms with van der Waals surface area (Å²) >= 11 is 0. The predicted molar refractivity (Wildman–Crippen MR) is 150 cm³/mol. The Hall–Kier alpha value is -3.53. The van der Waals surface area contributed by atoms with Crippen LogP contribution in [0.15, 0.2) is 36.7 Å². The van der Waals surface area contributed by atoms with Crippen LogP contribution in [0.3, 0.4) is 0 Å². The van der Waals surface area contributed by atoms with Crippen LogP contribution in [0.5, 0.6) is 0 Å². The number of rotatable bonds is 7. The molecule has 200 valence electrons. The minimum Gasteiger partial charge on any atom is -0.382 e. The number of halogens is 1. The van der Waals surface area contributed by atoms with Gasteiger partial charge >= 0.3 is 0 Å². The van der Waals surface area contributed by atoms with Gasteiger partial charge in [-0.2, -0.15) is 5.10 Å². The van der Waals surface area contributed by atoms with Crippen molar-refractivity contribution in [3.8, 4) is 5.82 Å². The summed E-state index contributed by atoms with van der Waals surface area (Å²) in [7, 11) is -3.09. The van der Waals surface area contributed by atoms with Crippen molar-refractivity contribution in [2.24, 2.45) is 5.92 Å². The maximum atomic E-state index is 15.6. The van der Waals surface area contributed by atoms with Gasteiger partial charge in [-0.3, -0.25) is 4.90 Å². The quantitative estimate of drug-likeness (QED) is 0.274. The molecule has 4 aromatic rings. The molecule has 4 bridgehead atoms. The number of hydrogen-bond donors (Lipinski definition) is 1. The minimum absolute atomic E-state index is 0.0800. The van der Waals surface area contributed by atoms with Gasteiger partial charge in [-0.1, -0.05) is 26.8 Å². The number of aryl methyl sites for hydroxylation is 1. The summed E-state index contributed by atoms with van der Waals surface area (Å²) < 4.78 is 40.8. The van der Waals surface area contributed by atoms with Gasteiger partial charge in [-0.25, -0.2) is 27.5 Å². The summed E-state index contributed by atoms with van der Waals surface area (Å²) in [6, 6.07) is 7.70. The molecule has 10 heteroatoms. The molecule has 5 rings (SSSR count). The zero-order valence-electron chi connectivity index (χ0n) is 22.7. The highest BCUT2D eigenvalue weighted by atomic mass is 32.2. The van der Waals surface area contributed by atoms with Gasteiger partial charge < -0.3 is 5.32 Å². The second kappa shape index (κ2) is 9.34. The third-order valence-corrected chi connectivity index (χ3v) is 8.47. The zero-order chi connectivity index (χ0) is 27.5. The third kappa shape index (κ3) is 4.40. The topological polar surface area (TPSA) is 93.0 Å². The van der Waals surface area contributed by atoms with E-state index in [4.69, 9.17) is 4.98 Å². The Morgan fingerprint density at radius 2 is 1.79 bits per heavy atom. The van der Waals surface area contributed by atoms with Gasteiger partial charge in [0.05, 0.1) is 28.5 Å². The molecule has 0 spiro atoms. The first kappa shape index (κ1) is 26.1. The lowest BCUT2D eigenvalue weighted by Gasteiger charge is -2.26. The number of benzene rings is 1. The van der Waals surface area contributed by atoms with Crippen LogP contribution in [0.25, 0.3) is 16.6 Å². The summed E-state index contributed by atoms with van der Waals surface area (Å²) in [5.74, 6) is 0.562. The predicted octanol–water partition coefficient (Wildman–Crippen LogP) is 5.96. The normalized spacial score (nSPS) is 14.6. The van der Waals surface area contributed by atoms with Gasteiger partial charge in [0.1, 0.15) is 15.7 Å². The van der Waals surface area contributed by atoms with Crippen LogP contribution in [0.1, 0.15) is 50.6 Å². The molecule has 1 aliphatic rings. The molecule has 1 aliphatic heterocycles.